The second kappa shape index (κ2) is 8.64. The molecule has 1 aliphatic rings. The van der Waals surface area contributed by atoms with E-state index in [1.807, 2.05) is 24.3 Å². The van der Waals surface area contributed by atoms with E-state index in [0.29, 0.717) is 11.1 Å². The van der Waals surface area contributed by atoms with E-state index in [-0.39, 0.29) is 11.9 Å². The predicted octanol–water partition coefficient (Wildman–Crippen LogP) is 2.49. The van der Waals surface area contributed by atoms with Gasteiger partial charge in [0, 0.05) is 67.5 Å². The van der Waals surface area contributed by atoms with Gasteiger partial charge < -0.3 is 9.80 Å². The third-order valence-electron chi connectivity index (χ3n) is 5.50. The van der Waals surface area contributed by atoms with Crippen molar-refractivity contribution in [3.8, 4) is 11.3 Å². The fourth-order valence-electron chi connectivity index (χ4n) is 3.63. The number of carbonyl (C=O) groups is 1. The normalized spacial score (nSPS) is 14.5. The van der Waals surface area contributed by atoms with Crippen LogP contribution in [0.5, 0.6) is 0 Å². The van der Waals surface area contributed by atoms with Crippen molar-refractivity contribution in [2.24, 2.45) is 0 Å². The van der Waals surface area contributed by atoms with Crippen molar-refractivity contribution in [1.82, 2.24) is 29.8 Å². The molecule has 1 aliphatic heterocycles. The maximum atomic E-state index is 12.9. The molecule has 0 aliphatic carbocycles. The van der Waals surface area contributed by atoms with E-state index in [4.69, 9.17) is 0 Å². The van der Waals surface area contributed by atoms with Gasteiger partial charge in [0.05, 0.1) is 17.4 Å². The van der Waals surface area contributed by atoms with Gasteiger partial charge in [0.15, 0.2) is 0 Å². The van der Waals surface area contributed by atoms with Crippen LogP contribution in [0.4, 0.5) is 11.8 Å². The summed E-state index contributed by atoms with van der Waals surface area (Å²) >= 11 is 0. The minimum absolute atomic E-state index is 0.247. The number of rotatable bonds is 4. The Balaban J connectivity index is 1.36. The molecule has 4 heterocycles. The zero-order valence-corrected chi connectivity index (χ0v) is 17.6. The summed E-state index contributed by atoms with van der Waals surface area (Å²) in [5.74, 6) is 0.780. The Morgan fingerprint density at radius 1 is 0.938 bits per heavy atom. The Hall–Kier alpha value is -3.98. The number of likely N-dealkylation sites (N-methyl/N-ethyl adjacent to an activating group) is 1. The molecule has 0 spiro atoms. The Morgan fingerprint density at radius 2 is 1.81 bits per heavy atom. The van der Waals surface area contributed by atoms with Gasteiger partial charge in [-0.15, -0.1) is 0 Å². The third kappa shape index (κ3) is 4.23. The number of nitrogens with zero attached hydrogens (tertiary/aromatic N) is 7. The number of hydrogen-bond donors (Lipinski definition) is 1. The first-order valence-electron chi connectivity index (χ1n) is 10.4. The number of hydrogen-bond acceptors (Lipinski definition) is 8. The van der Waals surface area contributed by atoms with Crippen molar-refractivity contribution in [2.75, 3.05) is 43.4 Å². The van der Waals surface area contributed by atoms with Gasteiger partial charge in [-0.25, -0.2) is 15.0 Å². The molecular weight excluding hydrogens is 404 g/mol. The molecule has 1 aromatic carbocycles. The van der Waals surface area contributed by atoms with Gasteiger partial charge in [-0.05, 0) is 25.2 Å². The molecule has 1 saturated heterocycles. The summed E-state index contributed by atoms with van der Waals surface area (Å²) in [6, 6.07) is 9.30. The predicted molar refractivity (Wildman–Crippen MR) is 122 cm³/mol. The number of carbonyl (C=O) groups excluding carboxylic acids is 1. The SMILES string of the molecule is CN1CCN(c2cc(C(=O)Nc3ncc4ccc(-c5cnccn5)cc4n3)ccn2)CC1. The van der Waals surface area contributed by atoms with Crippen molar-refractivity contribution in [2.45, 2.75) is 0 Å². The average Bonchev–Trinajstić information content (AvgIpc) is 2.84. The molecule has 9 heteroatoms. The Morgan fingerprint density at radius 3 is 2.62 bits per heavy atom. The molecule has 1 fully saturated rings. The first-order chi connectivity index (χ1) is 15.7. The lowest BCUT2D eigenvalue weighted by Gasteiger charge is -2.33. The Labute approximate surface area is 185 Å². The highest BCUT2D eigenvalue weighted by Gasteiger charge is 2.17. The van der Waals surface area contributed by atoms with Crippen molar-refractivity contribution in [1.29, 1.82) is 0 Å². The Bertz CT molecular complexity index is 1260. The zero-order valence-electron chi connectivity index (χ0n) is 17.6. The molecule has 3 aromatic heterocycles. The summed E-state index contributed by atoms with van der Waals surface area (Å²) in [6.45, 7) is 3.71. The lowest BCUT2D eigenvalue weighted by Crippen LogP contribution is -2.44. The minimum atomic E-state index is -0.271. The van der Waals surface area contributed by atoms with Gasteiger partial charge in [0.2, 0.25) is 5.95 Å². The molecule has 4 aromatic rings. The molecule has 1 N–H and O–H groups in total. The Kier molecular flexibility index (Phi) is 5.39. The van der Waals surface area contributed by atoms with Gasteiger partial charge in [0.1, 0.15) is 5.82 Å². The van der Waals surface area contributed by atoms with Gasteiger partial charge in [0.25, 0.3) is 5.91 Å². The van der Waals surface area contributed by atoms with Crippen molar-refractivity contribution in [3.05, 3.63) is 66.9 Å². The second-order valence-corrected chi connectivity index (χ2v) is 7.71. The standard InChI is InChI=1S/C23H22N8O/c1-30-8-10-31(11-9-30)21-13-17(4-5-26-21)22(32)29-23-27-14-18-3-2-16(12-19(18)28-23)20-15-24-6-7-25-20/h2-7,12-15H,8-11H2,1H3,(H,27,28,29,32). The largest absolute Gasteiger partial charge is 0.354 e. The molecule has 9 nitrogen and oxygen atoms in total. The molecule has 0 saturated carbocycles. The van der Waals surface area contributed by atoms with Crippen molar-refractivity contribution in [3.63, 3.8) is 0 Å². The number of benzene rings is 1. The van der Waals surface area contributed by atoms with Gasteiger partial charge in [-0.1, -0.05) is 12.1 Å². The van der Waals surface area contributed by atoms with Crippen LogP contribution in [0.2, 0.25) is 0 Å². The molecule has 1 amide bonds. The maximum absolute atomic E-state index is 12.9. The molecule has 0 bridgehead atoms. The summed E-state index contributed by atoms with van der Waals surface area (Å²) in [4.78, 5) is 39.0. The summed E-state index contributed by atoms with van der Waals surface area (Å²) in [6.07, 6.45) is 8.34. The van der Waals surface area contributed by atoms with Crippen molar-refractivity contribution < 1.29 is 4.79 Å². The van der Waals surface area contributed by atoms with E-state index in [1.54, 1.807) is 37.1 Å². The first kappa shape index (κ1) is 20.0. The number of amides is 1. The highest BCUT2D eigenvalue weighted by Crippen LogP contribution is 2.22. The zero-order chi connectivity index (χ0) is 21.9. The summed E-state index contributed by atoms with van der Waals surface area (Å²) in [5.41, 5.74) is 2.89. The highest BCUT2D eigenvalue weighted by molar-refractivity contribution is 6.04. The smallest absolute Gasteiger partial charge is 0.258 e. The fraction of sp³-hybridized carbons (Fsp3) is 0.217. The van der Waals surface area contributed by atoms with E-state index >= 15 is 0 Å². The average molecular weight is 426 g/mol. The molecule has 32 heavy (non-hydrogen) atoms. The maximum Gasteiger partial charge on any atom is 0.258 e. The van der Waals surface area contributed by atoms with E-state index < -0.39 is 0 Å². The molecule has 0 atom stereocenters. The molecule has 160 valence electrons. The van der Waals surface area contributed by atoms with Crippen LogP contribution in [0.1, 0.15) is 10.4 Å². The topological polar surface area (TPSA) is 100 Å². The van der Waals surface area contributed by atoms with Gasteiger partial charge >= 0.3 is 0 Å². The molecular formula is C23H22N8O. The van der Waals surface area contributed by atoms with E-state index in [2.05, 4.69) is 47.1 Å². The van der Waals surface area contributed by atoms with Crippen LogP contribution in [-0.2, 0) is 0 Å². The first-order valence-corrected chi connectivity index (χ1v) is 10.4. The summed E-state index contributed by atoms with van der Waals surface area (Å²) in [5, 5.41) is 3.68. The number of pyridine rings is 1. The van der Waals surface area contributed by atoms with Crippen LogP contribution in [-0.4, -0.2) is 69.0 Å². The van der Waals surface area contributed by atoms with Gasteiger partial charge in [-0.3, -0.25) is 20.1 Å². The van der Waals surface area contributed by atoms with Crippen molar-refractivity contribution >= 4 is 28.6 Å². The van der Waals surface area contributed by atoms with E-state index in [1.165, 1.54) is 0 Å². The van der Waals surface area contributed by atoms with Crippen LogP contribution >= 0.6 is 0 Å². The number of aromatic nitrogens is 5. The fourth-order valence-corrected chi connectivity index (χ4v) is 3.63. The van der Waals surface area contributed by atoms with E-state index in [0.717, 1.165) is 48.6 Å². The molecule has 0 radical (unpaired) electrons. The number of piperazine rings is 1. The third-order valence-corrected chi connectivity index (χ3v) is 5.50. The van der Waals surface area contributed by atoms with Gasteiger partial charge in [-0.2, -0.15) is 0 Å². The molecule has 5 rings (SSSR count). The summed E-state index contributed by atoms with van der Waals surface area (Å²) < 4.78 is 0. The number of anilines is 2. The van der Waals surface area contributed by atoms with Crippen LogP contribution in [0.25, 0.3) is 22.2 Å². The number of fused-ring (bicyclic) bond motifs is 1. The molecule has 0 unspecified atom stereocenters. The van der Waals surface area contributed by atoms with Crippen LogP contribution in [0.3, 0.4) is 0 Å². The second-order valence-electron chi connectivity index (χ2n) is 7.71. The summed E-state index contributed by atoms with van der Waals surface area (Å²) in [7, 11) is 2.11. The van der Waals surface area contributed by atoms with Crippen LogP contribution < -0.4 is 10.2 Å². The number of nitrogens with one attached hydrogen (secondary N) is 1. The quantitative estimate of drug-likeness (QED) is 0.531. The lowest BCUT2D eigenvalue weighted by atomic mass is 10.1. The van der Waals surface area contributed by atoms with E-state index in [9.17, 15) is 4.79 Å². The highest BCUT2D eigenvalue weighted by atomic mass is 16.1. The van der Waals surface area contributed by atoms with Crippen LogP contribution in [0.15, 0.2) is 61.3 Å². The lowest BCUT2D eigenvalue weighted by molar-refractivity contribution is 0.102. The monoisotopic (exact) mass is 426 g/mol. The minimum Gasteiger partial charge on any atom is -0.354 e. The van der Waals surface area contributed by atoms with Crippen LogP contribution in [0, 0.1) is 0 Å².